The first-order valence-electron chi connectivity index (χ1n) is 10.4. The number of hydrogen-bond donors (Lipinski definition) is 1. The zero-order valence-electron chi connectivity index (χ0n) is 16.1. The first-order valence-corrected chi connectivity index (χ1v) is 10.4. The molecule has 2 aliphatic carbocycles. The number of aryl methyl sites for hydroxylation is 1. The van der Waals surface area contributed by atoms with E-state index in [1.807, 2.05) is 6.20 Å². The minimum Gasteiger partial charge on any atom is -0.378 e. The molecule has 3 aliphatic rings. The summed E-state index contributed by atoms with van der Waals surface area (Å²) in [6.45, 7) is 3.93. The Bertz CT molecular complexity index is 697. The summed E-state index contributed by atoms with van der Waals surface area (Å²) < 4.78 is 5.40. The van der Waals surface area contributed by atoms with Gasteiger partial charge in [0.2, 0.25) is 11.9 Å². The summed E-state index contributed by atoms with van der Waals surface area (Å²) in [7, 11) is 0. The van der Waals surface area contributed by atoms with Crippen molar-refractivity contribution < 1.29 is 9.53 Å². The van der Waals surface area contributed by atoms with Crippen molar-refractivity contribution in [3.8, 4) is 0 Å². The van der Waals surface area contributed by atoms with E-state index in [2.05, 4.69) is 21.3 Å². The van der Waals surface area contributed by atoms with Crippen LogP contribution in [0.1, 0.15) is 49.8 Å². The summed E-state index contributed by atoms with van der Waals surface area (Å²) in [6, 6.07) is 0. The molecule has 1 fully saturated rings. The zero-order chi connectivity index (χ0) is 18.5. The van der Waals surface area contributed by atoms with Crippen LogP contribution in [0.4, 0.5) is 5.95 Å². The maximum absolute atomic E-state index is 12.6. The molecule has 0 aromatic carbocycles. The number of anilines is 1. The highest BCUT2D eigenvalue weighted by atomic mass is 16.5. The Hall–Kier alpha value is -1.95. The van der Waals surface area contributed by atoms with Crippen LogP contribution in [0.5, 0.6) is 0 Å². The number of allylic oxidation sites excluding steroid dienone is 1. The van der Waals surface area contributed by atoms with Crippen LogP contribution in [-0.2, 0) is 22.4 Å². The number of nitrogens with one attached hydrogen (secondary N) is 1. The minimum absolute atomic E-state index is 0.0515. The number of morpholine rings is 1. The topological polar surface area (TPSA) is 67.4 Å². The van der Waals surface area contributed by atoms with Crippen LogP contribution in [0.2, 0.25) is 0 Å². The fraction of sp³-hybridized carbons (Fsp3) is 0.667. The maximum Gasteiger partial charge on any atom is 0.225 e. The van der Waals surface area contributed by atoms with E-state index in [1.54, 1.807) is 0 Å². The molecule has 1 N–H and O–H groups in total. The number of aromatic nitrogens is 2. The summed E-state index contributed by atoms with van der Waals surface area (Å²) in [5.41, 5.74) is 3.76. The molecule has 1 aromatic rings. The first kappa shape index (κ1) is 18.4. The van der Waals surface area contributed by atoms with Gasteiger partial charge in [-0.1, -0.05) is 11.6 Å². The molecule has 0 spiro atoms. The van der Waals surface area contributed by atoms with Crippen LogP contribution < -0.4 is 10.2 Å². The third-order valence-electron chi connectivity index (χ3n) is 5.93. The third-order valence-corrected chi connectivity index (χ3v) is 5.93. The van der Waals surface area contributed by atoms with Crippen molar-refractivity contribution in [3.63, 3.8) is 0 Å². The summed E-state index contributed by atoms with van der Waals surface area (Å²) >= 11 is 0. The molecular formula is C21H30N4O2. The Kier molecular flexibility index (Phi) is 6.02. The molecule has 4 rings (SSSR count). The molecule has 0 saturated carbocycles. The highest BCUT2D eigenvalue weighted by Crippen LogP contribution is 2.26. The molecule has 1 atom stereocenters. The van der Waals surface area contributed by atoms with Crippen LogP contribution in [0, 0.1) is 5.92 Å². The average Bonchev–Trinajstić information content (AvgIpc) is 2.74. The summed E-state index contributed by atoms with van der Waals surface area (Å²) in [5.74, 6) is 1.05. The van der Waals surface area contributed by atoms with E-state index in [0.717, 1.165) is 75.7 Å². The van der Waals surface area contributed by atoms with Gasteiger partial charge in [0.15, 0.2) is 0 Å². The lowest BCUT2D eigenvalue weighted by Crippen LogP contribution is -2.38. The van der Waals surface area contributed by atoms with Gasteiger partial charge < -0.3 is 15.0 Å². The van der Waals surface area contributed by atoms with Gasteiger partial charge in [-0.3, -0.25) is 4.79 Å². The molecule has 0 bridgehead atoms. The molecule has 1 amide bonds. The van der Waals surface area contributed by atoms with E-state index in [9.17, 15) is 4.79 Å². The second-order valence-corrected chi connectivity index (χ2v) is 7.83. The summed E-state index contributed by atoms with van der Waals surface area (Å²) in [4.78, 5) is 24.1. The molecule has 1 aliphatic heterocycles. The molecule has 146 valence electrons. The molecule has 1 saturated heterocycles. The van der Waals surface area contributed by atoms with Crippen molar-refractivity contribution in [3.05, 3.63) is 29.1 Å². The number of ether oxygens (including phenoxy) is 1. The van der Waals surface area contributed by atoms with Gasteiger partial charge in [-0.2, -0.15) is 0 Å². The van der Waals surface area contributed by atoms with Gasteiger partial charge in [-0.25, -0.2) is 9.97 Å². The third kappa shape index (κ3) is 4.67. The molecule has 6 nitrogen and oxygen atoms in total. The number of fused-ring (bicyclic) bond motifs is 1. The maximum atomic E-state index is 12.6. The van der Waals surface area contributed by atoms with Gasteiger partial charge in [0, 0.05) is 37.4 Å². The molecule has 27 heavy (non-hydrogen) atoms. The van der Waals surface area contributed by atoms with E-state index in [4.69, 9.17) is 9.72 Å². The molecule has 6 heteroatoms. The van der Waals surface area contributed by atoms with Gasteiger partial charge in [0.05, 0.1) is 13.2 Å². The molecule has 0 radical (unpaired) electrons. The second kappa shape index (κ2) is 8.83. The highest BCUT2D eigenvalue weighted by Gasteiger charge is 2.26. The Morgan fingerprint density at radius 2 is 2.15 bits per heavy atom. The SMILES string of the molecule is O=C(NCCC1=CCCCC1)[C@@H]1CCc2nc(N3CCOCC3)ncc2C1. The molecule has 0 unspecified atom stereocenters. The molecule has 1 aromatic heterocycles. The van der Waals surface area contributed by atoms with Crippen LogP contribution >= 0.6 is 0 Å². The Balaban J connectivity index is 1.29. The quantitative estimate of drug-likeness (QED) is 0.807. The van der Waals surface area contributed by atoms with Gasteiger partial charge in [0.1, 0.15) is 0 Å². The molecule has 2 heterocycles. The normalized spacial score (nSPS) is 22.7. The fourth-order valence-electron chi connectivity index (χ4n) is 4.26. The standard InChI is InChI=1S/C21H30N4O2/c26-20(22-9-8-16-4-2-1-3-5-16)17-6-7-19-18(14-17)15-23-21(24-19)25-10-12-27-13-11-25/h4,15,17H,1-3,5-14H2,(H,22,26)/t17-/m1/s1. The molecular weight excluding hydrogens is 340 g/mol. The number of nitrogens with zero attached hydrogens (tertiary/aromatic N) is 3. The minimum atomic E-state index is 0.0515. The summed E-state index contributed by atoms with van der Waals surface area (Å²) in [6.07, 6.45) is 12.8. The number of rotatable bonds is 5. The van der Waals surface area contributed by atoms with E-state index >= 15 is 0 Å². The van der Waals surface area contributed by atoms with E-state index in [1.165, 1.54) is 31.3 Å². The first-order chi connectivity index (χ1) is 13.3. The number of carbonyl (C=O) groups excluding carboxylic acids is 1. The predicted molar refractivity (Wildman–Crippen MR) is 105 cm³/mol. The largest absolute Gasteiger partial charge is 0.378 e. The van der Waals surface area contributed by atoms with Crippen LogP contribution in [0.15, 0.2) is 17.8 Å². The van der Waals surface area contributed by atoms with Crippen molar-refractivity contribution in [2.75, 3.05) is 37.7 Å². The predicted octanol–water partition coefficient (Wildman–Crippen LogP) is 2.42. The van der Waals surface area contributed by atoms with Crippen LogP contribution in [0.25, 0.3) is 0 Å². The van der Waals surface area contributed by atoms with Gasteiger partial charge >= 0.3 is 0 Å². The monoisotopic (exact) mass is 370 g/mol. The van der Waals surface area contributed by atoms with Crippen molar-refractivity contribution in [2.45, 2.75) is 51.4 Å². The number of hydrogen-bond acceptors (Lipinski definition) is 5. The van der Waals surface area contributed by atoms with Crippen molar-refractivity contribution in [2.24, 2.45) is 5.92 Å². The average molecular weight is 370 g/mol. The van der Waals surface area contributed by atoms with E-state index in [-0.39, 0.29) is 11.8 Å². The van der Waals surface area contributed by atoms with Crippen molar-refractivity contribution >= 4 is 11.9 Å². The van der Waals surface area contributed by atoms with E-state index < -0.39 is 0 Å². The Labute approximate surface area is 161 Å². The van der Waals surface area contributed by atoms with E-state index in [0.29, 0.717) is 0 Å². The van der Waals surface area contributed by atoms with Crippen molar-refractivity contribution in [1.82, 2.24) is 15.3 Å². The highest BCUT2D eigenvalue weighted by molar-refractivity contribution is 5.79. The van der Waals surface area contributed by atoms with Gasteiger partial charge in [0.25, 0.3) is 0 Å². The Morgan fingerprint density at radius 1 is 1.26 bits per heavy atom. The fourth-order valence-corrected chi connectivity index (χ4v) is 4.26. The lowest BCUT2D eigenvalue weighted by atomic mass is 9.86. The van der Waals surface area contributed by atoms with Gasteiger partial charge in [-0.15, -0.1) is 0 Å². The zero-order valence-corrected chi connectivity index (χ0v) is 16.1. The van der Waals surface area contributed by atoms with Crippen LogP contribution in [0.3, 0.4) is 0 Å². The number of amides is 1. The van der Waals surface area contributed by atoms with Crippen LogP contribution in [-0.4, -0.2) is 48.7 Å². The number of carbonyl (C=O) groups is 1. The van der Waals surface area contributed by atoms with Gasteiger partial charge in [-0.05, 0) is 56.9 Å². The lowest BCUT2D eigenvalue weighted by molar-refractivity contribution is -0.125. The lowest BCUT2D eigenvalue weighted by Gasteiger charge is -2.28. The summed E-state index contributed by atoms with van der Waals surface area (Å²) in [5, 5.41) is 3.15. The second-order valence-electron chi connectivity index (χ2n) is 7.83. The Morgan fingerprint density at radius 3 is 2.96 bits per heavy atom. The smallest absolute Gasteiger partial charge is 0.225 e. The van der Waals surface area contributed by atoms with Crippen molar-refractivity contribution in [1.29, 1.82) is 0 Å².